The van der Waals surface area contributed by atoms with E-state index < -0.39 is 0 Å². The molecule has 106 valence electrons. The lowest BCUT2D eigenvalue weighted by Gasteiger charge is -2.30. The van der Waals surface area contributed by atoms with Crippen LogP contribution in [0.15, 0.2) is 48.5 Å². The van der Waals surface area contributed by atoms with Crippen LogP contribution in [0, 0.1) is 13.8 Å². The molecule has 0 aliphatic rings. The molecule has 2 rings (SSSR count). The summed E-state index contributed by atoms with van der Waals surface area (Å²) in [7, 11) is 0. The maximum Gasteiger partial charge on any atom is 0.169 e. The molecule has 2 nitrogen and oxygen atoms in total. The second-order valence-electron chi connectivity index (χ2n) is 5.16. The van der Waals surface area contributed by atoms with E-state index in [1.165, 1.54) is 16.8 Å². The molecule has 0 amide bonds. The summed E-state index contributed by atoms with van der Waals surface area (Å²) < 4.78 is 6.11. The van der Waals surface area contributed by atoms with Crippen molar-refractivity contribution in [2.75, 3.05) is 11.4 Å². The van der Waals surface area contributed by atoms with Gasteiger partial charge in [-0.2, -0.15) is 0 Å². The second kappa shape index (κ2) is 6.47. The van der Waals surface area contributed by atoms with E-state index in [1.807, 2.05) is 6.07 Å². The third-order valence-corrected chi connectivity index (χ3v) is 3.37. The molecule has 0 heterocycles. The molecular weight excluding hydrogens is 246 g/mol. The predicted octanol–water partition coefficient (Wildman–Crippen LogP) is 4.55. The van der Waals surface area contributed by atoms with Crippen molar-refractivity contribution in [1.82, 2.24) is 0 Å². The molecule has 2 aromatic carbocycles. The molecule has 0 aromatic heterocycles. The SMILES string of the molecule is CCN(c1ccccc1)C(C)Oc1cc(C)cc(C)c1. The van der Waals surface area contributed by atoms with Gasteiger partial charge in [0.25, 0.3) is 0 Å². The maximum atomic E-state index is 6.11. The predicted molar refractivity (Wildman–Crippen MR) is 85.5 cm³/mol. The molecule has 0 aliphatic heterocycles. The first-order chi connectivity index (χ1) is 9.60. The number of benzene rings is 2. The van der Waals surface area contributed by atoms with E-state index >= 15 is 0 Å². The van der Waals surface area contributed by atoms with Crippen LogP contribution in [0.3, 0.4) is 0 Å². The highest BCUT2D eigenvalue weighted by Crippen LogP contribution is 2.21. The van der Waals surface area contributed by atoms with E-state index in [0.717, 1.165) is 12.3 Å². The quantitative estimate of drug-likeness (QED) is 0.738. The molecule has 1 atom stereocenters. The average molecular weight is 269 g/mol. The van der Waals surface area contributed by atoms with Gasteiger partial charge in [0.05, 0.1) is 0 Å². The lowest BCUT2D eigenvalue weighted by atomic mass is 10.1. The van der Waals surface area contributed by atoms with Gasteiger partial charge in [-0.3, -0.25) is 0 Å². The molecule has 2 aromatic rings. The van der Waals surface area contributed by atoms with E-state index in [2.05, 4.69) is 75.1 Å². The van der Waals surface area contributed by atoms with Crippen LogP contribution in [0.5, 0.6) is 5.75 Å². The summed E-state index contributed by atoms with van der Waals surface area (Å²) in [5.74, 6) is 0.935. The first-order valence-corrected chi connectivity index (χ1v) is 7.17. The number of aryl methyl sites for hydroxylation is 2. The van der Waals surface area contributed by atoms with Crippen LogP contribution in [0.4, 0.5) is 5.69 Å². The van der Waals surface area contributed by atoms with Crippen molar-refractivity contribution < 1.29 is 4.74 Å². The molecule has 0 fully saturated rings. The number of hydrogen-bond acceptors (Lipinski definition) is 2. The minimum atomic E-state index is 0.00333. The molecule has 0 aliphatic carbocycles. The fourth-order valence-corrected chi connectivity index (χ4v) is 2.53. The zero-order valence-electron chi connectivity index (χ0n) is 12.8. The number of rotatable bonds is 5. The Balaban J connectivity index is 2.15. The van der Waals surface area contributed by atoms with E-state index in [9.17, 15) is 0 Å². The molecule has 20 heavy (non-hydrogen) atoms. The van der Waals surface area contributed by atoms with Crippen molar-refractivity contribution in [2.24, 2.45) is 0 Å². The van der Waals surface area contributed by atoms with Crippen LogP contribution in [0.25, 0.3) is 0 Å². The smallest absolute Gasteiger partial charge is 0.169 e. The van der Waals surface area contributed by atoms with Crippen molar-refractivity contribution in [3.05, 3.63) is 59.7 Å². The van der Waals surface area contributed by atoms with Gasteiger partial charge >= 0.3 is 0 Å². The molecular formula is C18H23NO. The molecule has 0 spiro atoms. The van der Waals surface area contributed by atoms with Crippen LogP contribution < -0.4 is 9.64 Å². The summed E-state index contributed by atoms with van der Waals surface area (Å²) in [5.41, 5.74) is 3.65. The Labute approximate surface area is 122 Å². The Bertz CT molecular complexity index is 530. The fraction of sp³-hybridized carbons (Fsp3) is 0.333. The van der Waals surface area contributed by atoms with Gasteiger partial charge in [0.2, 0.25) is 0 Å². The van der Waals surface area contributed by atoms with Gasteiger partial charge in [-0.25, -0.2) is 0 Å². The summed E-state index contributed by atoms with van der Waals surface area (Å²) in [5, 5.41) is 0. The van der Waals surface area contributed by atoms with Crippen molar-refractivity contribution >= 4 is 5.69 Å². The average Bonchev–Trinajstić information content (AvgIpc) is 2.39. The summed E-state index contributed by atoms with van der Waals surface area (Å²) in [6, 6.07) is 16.7. The Morgan fingerprint density at radius 3 is 2.15 bits per heavy atom. The number of hydrogen-bond donors (Lipinski definition) is 0. The van der Waals surface area contributed by atoms with Crippen LogP contribution in [-0.2, 0) is 0 Å². The number of ether oxygens (including phenoxy) is 1. The Morgan fingerprint density at radius 2 is 1.60 bits per heavy atom. The summed E-state index contributed by atoms with van der Waals surface area (Å²) in [4.78, 5) is 2.25. The summed E-state index contributed by atoms with van der Waals surface area (Å²) in [6.07, 6.45) is 0.00333. The molecule has 0 radical (unpaired) electrons. The van der Waals surface area contributed by atoms with Gasteiger partial charge in [-0.05, 0) is 63.1 Å². The Hall–Kier alpha value is -1.96. The molecule has 0 saturated heterocycles. The van der Waals surface area contributed by atoms with Gasteiger partial charge in [0, 0.05) is 12.2 Å². The highest BCUT2D eigenvalue weighted by atomic mass is 16.5. The maximum absolute atomic E-state index is 6.11. The van der Waals surface area contributed by atoms with Crippen LogP contribution in [-0.4, -0.2) is 12.8 Å². The highest BCUT2D eigenvalue weighted by molar-refractivity contribution is 5.46. The minimum Gasteiger partial charge on any atom is -0.471 e. The van der Waals surface area contributed by atoms with Gasteiger partial charge in [0.1, 0.15) is 5.75 Å². The zero-order chi connectivity index (χ0) is 14.5. The van der Waals surface area contributed by atoms with E-state index in [-0.39, 0.29) is 6.23 Å². The van der Waals surface area contributed by atoms with Crippen molar-refractivity contribution in [3.63, 3.8) is 0 Å². The third kappa shape index (κ3) is 3.53. The monoisotopic (exact) mass is 269 g/mol. The van der Waals surface area contributed by atoms with Gasteiger partial charge in [0.15, 0.2) is 6.23 Å². The third-order valence-electron chi connectivity index (χ3n) is 3.37. The topological polar surface area (TPSA) is 12.5 Å². The molecule has 1 unspecified atom stereocenters. The number of nitrogens with zero attached hydrogens (tertiary/aromatic N) is 1. The van der Waals surface area contributed by atoms with Gasteiger partial charge in [-0.1, -0.05) is 24.3 Å². The Kier molecular flexibility index (Phi) is 4.67. The fourth-order valence-electron chi connectivity index (χ4n) is 2.53. The van der Waals surface area contributed by atoms with Crippen LogP contribution in [0.1, 0.15) is 25.0 Å². The lowest BCUT2D eigenvalue weighted by molar-refractivity contribution is 0.216. The van der Waals surface area contributed by atoms with Gasteiger partial charge < -0.3 is 9.64 Å². The second-order valence-corrected chi connectivity index (χ2v) is 5.16. The largest absolute Gasteiger partial charge is 0.471 e. The highest BCUT2D eigenvalue weighted by Gasteiger charge is 2.14. The molecule has 0 N–H and O–H groups in total. The van der Waals surface area contributed by atoms with Crippen LogP contribution in [0.2, 0.25) is 0 Å². The number of anilines is 1. The summed E-state index contributed by atoms with van der Waals surface area (Å²) >= 11 is 0. The van der Waals surface area contributed by atoms with Crippen molar-refractivity contribution in [3.8, 4) is 5.75 Å². The van der Waals surface area contributed by atoms with Gasteiger partial charge in [-0.15, -0.1) is 0 Å². The zero-order valence-corrected chi connectivity index (χ0v) is 12.8. The minimum absolute atomic E-state index is 0.00333. The van der Waals surface area contributed by atoms with E-state index in [4.69, 9.17) is 4.74 Å². The molecule has 2 heteroatoms. The molecule has 0 saturated carbocycles. The van der Waals surface area contributed by atoms with Crippen LogP contribution >= 0.6 is 0 Å². The first kappa shape index (κ1) is 14.4. The van der Waals surface area contributed by atoms with Crippen molar-refractivity contribution in [2.45, 2.75) is 33.9 Å². The van der Waals surface area contributed by atoms with E-state index in [1.54, 1.807) is 0 Å². The Morgan fingerprint density at radius 1 is 1.00 bits per heavy atom. The first-order valence-electron chi connectivity index (χ1n) is 7.17. The normalized spacial score (nSPS) is 12.0. The lowest BCUT2D eigenvalue weighted by Crippen LogP contribution is -2.37. The standard InChI is InChI=1S/C18H23NO/c1-5-19(17-9-7-6-8-10-17)16(4)20-18-12-14(2)11-15(3)13-18/h6-13,16H,5H2,1-4H3. The van der Waals surface area contributed by atoms with Crippen molar-refractivity contribution in [1.29, 1.82) is 0 Å². The van der Waals surface area contributed by atoms with E-state index in [0.29, 0.717) is 0 Å². The summed E-state index contributed by atoms with van der Waals surface area (Å²) in [6.45, 7) is 9.34. The molecule has 0 bridgehead atoms. The number of para-hydroxylation sites is 1.